The summed E-state index contributed by atoms with van der Waals surface area (Å²) in [6.45, 7) is 1.85. The third-order valence-electron chi connectivity index (χ3n) is 0.601. The smallest absolute Gasteiger partial charge is 0.317 e. The van der Waals surface area contributed by atoms with Gasteiger partial charge in [0.05, 0.1) is 6.61 Å². The minimum Gasteiger partial charge on any atom is -0.481 e. The second-order valence-electron chi connectivity index (χ2n) is 1.38. The molecule has 10 heavy (non-hydrogen) atoms. The van der Waals surface area contributed by atoms with Gasteiger partial charge in [0.2, 0.25) is 0 Å². The minimum absolute atomic E-state index is 0. The van der Waals surface area contributed by atoms with Crippen LogP contribution in [-0.2, 0) is 14.3 Å². The second kappa shape index (κ2) is 7.05. The van der Waals surface area contributed by atoms with Gasteiger partial charge < -0.3 is 9.84 Å². The molecule has 0 fully saturated rings. The zero-order valence-electron chi connectivity index (χ0n) is 6.09. The maximum Gasteiger partial charge on any atom is 0.317 e. The summed E-state index contributed by atoms with van der Waals surface area (Å²) in [6, 6.07) is 0. The molecule has 0 aliphatic heterocycles. The van der Waals surface area contributed by atoms with Crippen molar-refractivity contribution in [2.45, 2.75) is 13.3 Å². The number of carbonyl (C=O) groups is 2. The Morgan fingerprint density at radius 2 is 2.00 bits per heavy atom. The van der Waals surface area contributed by atoms with E-state index in [-0.39, 0.29) is 36.2 Å². The predicted octanol–water partition coefficient (Wildman–Crippen LogP) is -0.357. The van der Waals surface area contributed by atoms with Gasteiger partial charge in [-0.05, 0) is 6.92 Å². The molecule has 1 N–H and O–H groups in total. The molecule has 5 heteroatoms. The van der Waals surface area contributed by atoms with Crippen molar-refractivity contribution in [3.8, 4) is 0 Å². The maximum atomic E-state index is 10.3. The van der Waals surface area contributed by atoms with Gasteiger partial charge in [-0.15, -0.1) is 0 Å². The number of aliphatic carboxylic acids is 1. The zero-order chi connectivity index (χ0) is 7.28. The van der Waals surface area contributed by atoms with E-state index in [0.717, 1.165) is 0 Å². The fraction of sp³-hybridized carbons (Fsp3) is 0.600. The molecule has 53 valence electrons. The molecule has 0 aromatic carbocycles. The van der Waals surface area contributed by atoms with E-state index in [2.05, 4.69) is 4.74 Å². The Hall–Kier alpha value is -0.0600. The van der Waals surface area contributed by atoms with Crippen LogP contribution in [0.25, 0.3) is 0 Å². The molecule has 0 amide bonds. The Labute approximate surface area is 80.8 Å². The van der Waals surface area contributed by atoms with Crippen LogP contribution in [0.15, 0.2) is 0 Å². The fourth-order valence-electron chi connectivity index (χ4n) is 0.335. The molecular formula is C5H8NaO4. The van der Waals surface area contributed by atoms with E-state index in [1.807, 2.05) is 0 Å². The molecule has 0 rings (SSSR count). The van der Waals surface area contributed by atoms with Crippen molar-refractivity contribution in [1.82, 2.24) is 0 Å². The third kappa shape index (κ3) is 7.94. The van der Waals surface area contributed by atoms with Crippen LogP contribution in [0.3, 0.4) is 0 Å². The molecule has 0 aromatic rings. The summed E-state index contributed by atoms with van der Waals surface area (Å²) in [5, 5.41) is 8.01. The summed E-state index contributed by atoms with van der Waals surface area (Å²) in [7, 11) is 0. The van der Waals surface area contributed by atoms with Gasteiger partial charge in [0.1, 0.15) is 6.42 Å². The number of hydrogen-bond acceptors (Lipinski definition) is 3. The SMILES string of the molecule is CCOC(=O)CC(=O)O.[Na]. The largest absolute Gasteiger partial charge is 0.481 e. The van der Waals surface area contributed by atoms with Gasteiger partial charge in [-0.1, -0.05) is 0 Å². The first kappa shape index (κ1) is 12.6. The van der Waals surface area contributed by atoms with Gasteiger partial charge in [-0.2, -0.15) is 0 Å². The molecule has 0 heterocycles. The molecule has 0 saturated heterocycles. The van der Waals surface area contributed by atoms with Gasteiger partial charge >= 0.3 is 11.9 Å². The monoisotopic (exact) mass is 155 g/mol. The van der Waals surface area contributed by atoms with Crippen LogP contribution in [-0.4, -0.2) is 53.2 Å². The first-order chi connectivity index (χ1) is 4.16. The van der Waals surface area contributed by atoms with Crippen LogP contribution in [0.1, 0.15) is 13.3 Å². The minimum atomic E-state index is -1.16. The normalized spacial score (nSPS) is 7.70. The average Bonchev–Trinajstić information content (AvgIpc) is 1.63. The Kier molecular flexibility index (Phi) is 8.89. The van der Waals surface area contributed by atoms with E-state index in [0.29, 0.717) is 0 Å². The van der Waals surface area contributed by atoms with Crippen LogP contribution in [0.2, 0.25) is 0 Å². The Morgan fingerprint density at radius 3 is 2.30 bits per heavy atom. The molecule has 0 aliphatic rings. The average molecular weight is 155 g/mol. The molecule has 0 aromatic heterocycles. The molecular weight excluding hydrogens is 147 g/mol. The van der Waals surface area contributed by atoms with E-state index in [1.54, 1.807) is 6.92 Å². The summed E-state index contributed by atoms with van der Waals surface area (Å²) in [6.07, 6.45) is -0.548. The van der Waals surface area contributed by atoms with Crippen molar-refractivity contribution in [3.05, 3.63) is 0 Å². The molecule has 4 nitrogen and oxygen atoms in total. The number of carbonyl (C=O) groups excluding carboxylic acids is 1. The molecule has 0 saturated carbocycles. The molecule has 0 aliphatic carbocycles. The van der Waals surface area contributed by atoms with Gasteiger partial charge in [0, 0.05) is 29.6 Å². The van der Waals surface area contributed by atoms with E-state index in [4.69, 9.17) is 5.11 Å². The fourth-order valence-corrected chi connectivity index (χ4v) is 0.335. The number of esters is 1. The van der Waals surface area contributed by atoms with Gasteiger partial charge in [0.25, 0.3) is 0 Å². The molecule has 0 bridgehead atoms. The quantitative estimate of drug-likeness (QED) is 0.343. The van der Waals surface area contributed by atoms with Crippen LogP contribution in [0, 0.1) is 0 Å². The zero-order valence-corrected chi connectivity index (χ0v) is 8.09. The van der Waals surface area contributed by atoms with Crippen LogP contribution in [0.5, 0.6) is 0 Å². The van der Waals surface area contributed by atoms with Crippen molar-refractivity contribution < 1.29 is 19.4 Å². The van der Waals surface area contributed by atoms with Crippen LogP contribution in [0.4, 0.5) is 0 Å². The summed E-state index contributed by atoms with van der Waals surface area (Å²) in [5.74, 6) is -1.85. The van der Waals surface area contributed by atoms with Crippen molar-refractivity contribution in [2.75, 3.05) is 6.61 Å². The third-order valence-corrected chi connectivity index (χ3v) is 0.601. The summed E-state index contributed by atoms with van der Waals surface area (Å²) in [4.78, 5) is 20.0. The van der Waals surface area contributed by atoms with Crippen molar-refractivity contribution >= 4 is 41.5 Å². The number of carboxylic acid groups (broad SMARTS) is 1. The number of ether oxygens (including phenoxy) is 1. The summed E-state index contributed by atoms with van der Waals surface area (Å²) >= 11 is 0. The standard InChI is InChI=1S/C5H8O4.Na/c1-2-9-5(8)3-4(6)7;/h2-3H2,1H3,(H,6,7);. The first-order valence-electron chi connectivity index (χ1n) is 2.54. The van der Waals surface area contributed by atoms with Gasteiger partial charge in [0.15, 0.2) is 0 Å². The second-order valence-corrected chi connectivity index (χ2v) is 1.38. The van der Waals surface area contributed by atoms with E-state index in [1.165, 1.54) is 0 Å². The predicted molar refractivity (Wildman–Crippen MR) is 34.6 cm³/mol. The van der Waals surface area contributed by atoms with E-state index < -0.39 is 18.4 Å². The number of carboxylic acids is 1. The Morgan fingerprint density at radius 1 is 1.50 bits per heavy atom. The number of hydrogen-bond donors (Lipinski definition) is 1. The summed E-state index contributed by atoms with van der Waals surface area (Å²) < 4.78 is 4.33. The Balaban J connectivity index is 0. The van der Waals surface area contributed by atoms with Crippen molar-refractivity contribution in [3.63, 3.8) is 0 Å². The van der Waals surface area contributed by atoms with Crippen LogP contribution < -0.4 is 0 Å². The maximum absolute atomic E-state index is 10.3. The van der Waals surface area contributed by atoms with Gasteiger partial charge in [-0.3, -0.25) is 9.59 Å². The Bertz CT molecular complexity index is 123. The van der Waals surface area contributed by atoms with Crippen LogP contribution >= 0.6 is 0 Å². The van der Waals surface area contributed by atoms with Gasteiger partial charge in [-0.25, -0.2) is 0 Å². The molecule has 1 radical (unpaired) electrons. The molecule has 0 spiro atoms. The first-order valence-corrected chi connectivity index (χ1v) is 2.54. The molecule has 0 atom stereocenters. The van der Waals surface area contributed by atoms with E-state index >= 15 is 0 Å². The van der Waals surface area contributed by atoms with Crippen molar-refractivity contribution in [2.24, 2.45) is 0 Å². The van der Waals surface area contributed by atoms with E-state index in [9.17, 15) is 9.59 Å². The number of rotatable bonds is 3. The summed E-state index contributed by atoms with van der Waals surface area (Å²) in [5.41, 5.74) is 0. The topological polar surface area (TPSA) is 63.6 Å². The molecule has 0 unspecified atom stereocenters. The van der Waals surface area contributed by atoms with Crippen molar-refractivity contribution in [1.29, 1.82) is 0 Å².